The molecule has 0 spiro atoms. The second kappa shape index (κ2) is 6.04. The Hall–Kier alpha value is -1.89. The second-order valence-electron chi connectivity index (χ2n) is 4.57. The molecule has 2 aromatic heterocycles. The number of nitrogens with zero attached hydrogens (tertiary/aromatic N) is 3. The summed E-state index contributed by atoms with van der Waals surface area (Å²) in [6.45, 7) is 4.46. The van der Waals surface area contributed by atoms with E-state index < -0.39 is 0 Å². The van der Waals surface area contributed by atoms with Crippen LogP contribution in [0, 0.1) is 6.92 Å². The smallest absolute Gasteiger partial charge is 0.271 e. The molecular weight excluding hydrogens is 274 g/mol. The van der Waals surface area contributed by atoms with Gasteiger partial charge in [-0.05, 0) is 13.3 Å². The number of aromatic nitrogens is 3. The molecule has 2 heterocycles. The van der Waals surface area contributed by atoms with Gasteiger partial charge in [-0.2, -0.15) is 5.10 Å². The van der Waals surface area contributed by atoms with Crippen molar-refractivity contribution >= 4 is 22.9 Å². The average molecular weight is 293 g/mol. The Morgan fingerprint density at radius 2 is 2.30 bits per heavy atom. The fourth-order valence-electron chi connectivity index (χ4n) is 2.01. The lowest BCUT2D eigenvalue weighted by atomic mass is 10.2. The summed E-state index contributed by atoms with van der Waals surface area (Å²) < 4.78 is 1.54. The number of carbonyl (C=O) groups is 1. The largest absolute Gasteiger partial charge is 0.395 e. The summed E-state index contributed by atoms with van der Waals surface area (Å²) in [6.07, 6.45) is 1.44. The number of nitrogens with one attached hydrogen (secondary N) is 1. The molecule has 0 aromatic carbocycles. The number of rotatable bonds is 5. The van der Waals surface area contributed by atoms with Crippen LogP contribution in [0.3, 0.4) is 0 Å². The van der Waals surface area contributed by atoms with E-state index in [0.717, 1.165) is 22.8 Å². The topological polar surface area (TPSA) is 85.8 Å². The first kappa shape index (κ1) is 14.5. The van der Waals surface area contributed by atoms with Gasteiger partial charge in [0.2, 0.25) is 0 Å². The molecule has 2 rings (SSSR count). The molecule has 0 saturated carbocycles. The lowest BCUT2D eigenvalue weighted by Crippen LogP contribution is -2.28. The van der Waals surface area contributed by atoms with Gasteiger partial charge in [0.25, 0.3) is 5.91 Å². The minimum Gasteiger partial charge on any atom is -0.395 e. The zero-order valence-electron chi connectivity index (χ0n) is 11.9. The summed E-state index contributed by atoms with van der Waals surface area (Å²) >= 11 is 1.61. The Bertz CT molecular complexity index is 616. The maximum absolute atomic E-state index is 12.1. The molecule has 3 N–H and O–H groups in total. The van der Waals surface area contributed by atoms with E-state index in [0.29, 0.717) is 24.3 Å². The molecule has 0 bridgehead atoms. The summed E-state index contributed by atoms with van der Waals surface area (Å²) in [5.41, 5.74) is 8.62. The van der Waals surface area contributed by atoms with Gasteiger partial charge in [-0.1, -0.05) is 6.92 Å². The molecule has 0 fully saturated rings. The molecular formula is C13H19N5OS. The number of hydrogen-bond donors (Lipinski definition) is 2. The number of nitrogen functional groups attached to an aromatic ring is 1. The number of carbonyl (C=O) groups excluding carboxylic acids is 1. The Balaban J connectivity index is 1.97. The maximum Gasteiger partial charge on any atom is 0.271 e. The van der Waals surface area contributed by atoms with E-state index in [1.54, 1.807) is 18.4 Å². The predicted molar refractivity (Wildman–Crippen MR) is 79.9 cm³/mol. The molecule has 0 unspecified atom stereocenters. The van der Waals surface area contributed by atoms with Crippen LogP contribution in [-0.2, 0) is 19.9 Å². The number of nitrogens with two attached hydrogens (primary N) is 1. The van der Waals surface area contributed by atoms with Crippen molar-refractivity contribution in [2.75, 3.05) is 12.3 Å². The summed E-state index contributed by atoms with van der Waals surface area (Å²) in [6, 6.07) is 0. The Kier molecular flexibility index (Phi) is 4.39. The first-order chi connectivity index (χ1) is 9.52. The highest BCUT2D eigenvalue weighted by Gasteiger charge is 2.18. The third kappa shape index (κ3) is 2.98. The number of amides is 1. The van der Waals surface area contributed by atoms with E-state index in [1.807, 2.05) is 19.2 Å². The predicted octanol–water partition coefficient (Wildman–Crippen LogP) is 1.30. The first-order valence-electron chi connectivity index (χ1n) is 6.53. The van der Waals surface area contributed by atoms with Crippen molar-refractivity contribution in [2.24, 2.45) is 7.05 Å². The van der Waals surface area contributed by atoms with Crippen molar-refractivity contribution in [3.8, 4) is 0 Å². The fourth-order valence-corrected chi connectivity index (χ4v) is 2.79. The van der Waals surface area contributed by atoms with Gasteiger partial charge in [0, 0.05) is 31.1 Å². The molecule has 0 saturated heterocycles. The van der Waals surface area contributed by atoms with Crippen molar-refractivity contribution in [3.63, 3.8) is 0 Å². The van der Waals surface area contributed by atoms with Crippen molar-refractivity contribution in [1.29, 1.82) is 0 Å². The number of anilines is 1. The van der Waals surface area contributed by atoms with E-state index in [4.69, 9.17) is 5.73 Å². The van der Waals surface area contributed by atoms with Gasteiger partial charge >= 0.3 is 0 Å². The molecule has 7 heteroatoms. The van der Waals surface area contributed by atoms with Crippen LogP contribution in [-0.4, -0.2) is 27.2 Å². The third-order valence-electron chi connectivity index (χ3n) is 3.00. The molecule has 6 nitrogen and oxygen atoms in total. The molecule has 0 aliphatic heterocycles. The van der Waals surface area contributed by atoms with Gasteiger partial charge < -0.3 is 11.1 Å². The van der Waals surface area contributed by atoms with Crippen molar-refractivity contribution in [1.82, 2.24) is 20.1 Å². The number of thiazole rings is 1. The van der Waals surface area contributed by atoms with Crippen LogP contribution < -0.4 is 11.1 Å². The second-order valence-corrected chi connectivity index (χ2v) is 5.52. The summed E-state index contributed by atoms with van der Waals surface area (Å²) in [5, 5.41) is 10.1. The van der Waals surface area contributed by atoms with Crippen molar-refractivity contribution in [3.05, 3.63) is 27.5 Å². The van der Waals surface area contributed by atoms with Crippen LogP contribution in [0.1, 0.15) is 33.8 Å². The third-order valence-corrected chi connectivity index (χ3v) is 4.03. The normalized spacial score (nSPS) is 10.8. The molecule has 20 heavy (non-hydrogen) atoms. The Morgan fingerprint density at radius 1 is 1.55 bits per heavy atom. The van der Waals surface area contributed by atoms with E-state index in [1.165, 1.54) is 4.68 Å². The van der Waals surface area contributed by atoms with Gasteiger partial charge in [-0.3, -0.25) is 9.48 Å². The quantitative estimate of drug-likeness (QED) is 0.870. The average Bonchev–Trinajstić information content (AvgIpc) is 2.93. The lowest BCUT2D eigenvalue weighted by molar-refractivity contribution is 0.0945. The molecule has 0 radical (unpaired) electrons. The first-order valence-corrected chi connectivity index (χ1v) is 7.41. The molecule has 2 aromatic rings. The lowest BCUT2D eigenvalue weighted by Gasteiger charge is -2.05. The van der Waals surface area contributed by atoms with E-state index in [9.17, 15) is 4.79 Å². The molecule has 1 amide bonds. The minimum atomic E-state index is -0.189. The van der Waals surface area contributed by atoms with E-state index in [-0.39, 0.29) is 5.91 Å². The summed E-state index contributed by atoms with van der Waals surface area (Å²) in [7, 11) is 1.73. The van der Waals surface area contributed by atoms with Gasteiger partial charge in [0.05, 0.1) is 16.4 Å². The van der Waals surface area contributed by atoms with E-state index in [2.05, 4.69) is 15.4 Å². The number of aryl methyl sites for hydroxylation is 3. The van der Waals surface area contributed by atoms with E-state index >= 15 is 0 Å². The summed E-state index contributed by atoms with van der Waals surface area (Å²) in [5.74, 6) is -0.189. The van der Waals surface area contributed by atoms with Gasteiger partial charge in [0.1, 0.15) is 5.69 Å². The highest BCUT2D eigenvalue weighted by Crippen LogP contribution is 2.16. The monoisotopic (exact) mass is 293 g/mol. The van der Waals surface area contributed by atoms with Crippen LogP contribution in [0.25, 0.3) is 0 Å². The molecule has 108 valence electrons. The van der Waals surface area contributed by atoms with Gasteiger partial charge in [0.15, 0.2) is 0 Å². The number of hydrogen-bond acceptors (Lipinski definition) is 5. The highest BCUT2D eigenvalue weighted by molar-refractivity contribution is 7.09. The van der Waals surface area contributed by atoms with Crippen LogP contribution in [0.4, 0.5) is 5.69 Å². The Labute approximate surface area is 122 Å². The van der Waals surface area contributed by atoms with Crippen LogP contribution in [0.15, 0.2) is 5.38 Å². The Morgan fingerprint density at radius 3 is 2.85 bits per heavy atom. The SMILES string of the molecule is CCc1nn(C)c(C(=O)NCCc2nc(C)cs2)c1N. The minimum absolute atomic E-state index is 0.189. The van der Waals surface area contributed by atoms with Crippen molar-refractivity contribution < 1.29 is 4.79 Å². The zero-order chi connectivity index (χ0) is 14.7. The van der Waals surface area contributed by atoms with Gasteiger partial charge in [-0.25, -0.2) is 4.98 Å². The maximum atomic E-state index is 12.1. The van der Waals surface area contributed by atoms with Crippen LogP contribution in [0.2, 0.25) is 0 Å². The highest BCUT2D eigenvalue weighted by atomic mass is 32.1. The van der Waals surface area contributed by atoms with Crippen molar-refractivity contribution in [2.45, 2.75) is 26.7 Å². The van der Waals surface area contributed by atoms with Gasteiger partial charge in [-0.15, -0.1) is 11.3 Å². The van der Waals surface area contributed by atoms with Crippen LogP contribution >= 0.6 is 11.3 Å². The van der Waals surface area contributed by atoms with Crippen LogP contribution in [0.5, 0.6) is 0 Å². The fraction of sp³-hybridized carbons (Fsp3) is 0.462. The molecule has 0 aliphatic carbocycles. The zero-order valence-corrected chi connectivity index (χ0v) is 12.8. The molecule has 0 atom stereocenters. The molecule has 0 aliphatic rings. The standard InChI is InChI=1S/C13H19N5OS/c1-4-9-11(14)12(18(3)17-9)13(19)15-6-5-10-16-8(2)7-20-10/h7H,4-6,14H2,1-3H3,(H,15,19). The summed E-state index contributed by atoms with van der Waals surface area (Å²) in [4.78, 5) is 16.5.